The highest BCUT2D eigenvalue weighted by Crippen LogP contribution is 2.18. The van der Waals surface area contributed by atoms with Gasteiger partial charge in [0.15, 0.2) is 5.78 Å². The first-order valence-corrected chi connectivity index (χ1v) is 9.04. The summed E-state index contributed by atoms with van der Waals surface area (Å²) < 4.78 is 0. The van der Waals surface area contributed by atoms with Crippen molar-refractivity contribution in [3.8, 4) is 0 Å². The van der Waals surface area contributed by atoms with E-state index in [1.165, 1.54) is 23.3 Å². The first-order valence-electron chi connectivity index (χ1n) is 9.04. The van der Waals surface area contributed by atoms with Crippen molar-refractivity contribution < 1.29 is 9.59 Å². The molecule has 3 rings (SSSR count). The minimum absolute atomic E-state index is 0.0105. The third-order valence-corrected chi connectivity index (χ3v) is 4.85. The molecule has 4 nitrogen and oxygen atoms in total. The van der Waals surface area contributed by atoms with Gasteiger partial charge in [-0.2, -0.15) is 0 Å². The molecule has 0 saturated heterocycles. The predicted octanol–water partition coefficient (Wildman–Crippen LogP) is 4.50. The number of hydrogen-bond donors (Lipinski definition) is 1. The van der Waals surface area contributed by atoms with Crippen molar-refractivity contribution in [2.45, 2.75) is 26.4 Å². The smallest absolute Gasteiger partial charge is 0.241 e. The Hall–Kier alpha value is -2.98. The van der Waals surface area contributed by atoms with Gasteiger partial charge in [0.05, 0.1) is 6.04 Å². The monoisotopic (exact) mass is 360 g/mol. The van der Waals surface area contributed by atoms with Crippen molar-refractivity contribution in [1.82, 2.24) is 4.90 Å². The largest absolute Gasteiger partial charge is 0.325 e. The van der Waals surface area contributed by atoms with Gasteiger partial charge in [0.2, 0.25) is 5.91 Å². The SMILES string of the molecule is CC(=O)c1ccc(NC(=O)[C@@H](C)N(C)Cc2ccc3ccccc3c2)cc1. The van der Waals surface area contributed by atoms with E-state index in [0.29, 0.717) is 17.8 Å². The number of ketones is 1. The van der Waals surface area contributed by atoms with Crippen LogP contribution in [0.4, 0.5) is 5.69 Å². The van der Waals surface area contributed by atoms with E-state index in [1.54, 1.807) is 24.3 Å². The van der Waals surface area contributed by atoms with E-state index in [0.717, 1.165) is 0 Å². The van der Waals surface area contributed by atoms with Gasteiger partial charge < -0.3 is 5.32 Å². The number of carbonyl (C=O) groups excluding carboxylic acids is 2. The number of rotatable bonds is 6. The van der Waals surface area contributed by atoms with E-state index in [9.17, 15) is 9.59 Å². The van der Waals surface area contributed by atoms with Crippen LogP contribution in [0.25, 0.3) is 10.8 Å². The number of amides is 1. The Balaban J connectivity index is 1.63. The number of likely N-dealkylation sites (N-methyl/N-ethyl adjacent to an activating group) is 1. The first kappa shape index (κ1) is 18.8. The van der Waals surface area contributed by atoms with Crippen LogP contribution in [0.1, 0.15) is 29.8 Å². The second-order valence-electron chi connectivity index (χ2n) is 6.90. The number of hydrogen-bond acceptors (Lipinski definition) is 3. The number of anilines is 1. The molecule has 0 aliphatic heterocycles. The highest BCUT2D eigenvalue weighted by Gasteiger charge is 2.18. The number of carbonyl (C=O) groups is 2. The molecule has 4 heteroatoms. The summed E-state index contributed by atoms with van der Waals surface area (Å²) in [5.74, 6) is -0.0646. The number of nitrogens with one attached hydrogen (secondary N) is 1. The maximum atomic E-state index is 12.6. The van der Waals surface area contributed by atoms with Gasteiger partial charge in [-0.15, -0.1) is 0 Å². The third-order valence-electron chi connectivity index (χ3n) is 4.85. The van der Waals surface area contributed by atoms with Crippen molar-refractivity contribution >= 4 is 28.2 Å². The zero-order valence-corrected chi connectivity index (χ0v) is 15.9. The van der Waals surface area contributed by atoms with Crippen LogP contribution in [0, 0.1) is 0 Å². The van der Waals surface area contributed by atoms with Crippen LogP contribution in [0.15, 0.2) is 66.7 Å². The van der Waals surface area contributed by atoms with Gasteiger partial charge in [-0.1, -0.05) is 36.4 Å². The predicted molar refractivity (Wildman–Crippen MR) is 110 cm³/mol. The average Bonchev–Trinajstić information content (AvgIpc) is 2.67. The lowest BCUT2D eigenvalue weighted by atomic mass is 10.1. The van der Waals surface area contributed by atoms with E-state index in [-0.39, 0.29) is 17.7 Å². The number of nitrogens with zero attached hydrogens (tertiary/aromatic N) is 1. The fourth-order valence-corrected chi connectivity index (χ4v) is 3.00. The second-order valence-corrected chi connectivity index (χ2v) is 6.90. The molecular formula is C23H24N2O2. The van der Waals surface area contributed by atoms with Crippen LogP contribution in [0.5, 0.6) is 0 Å². The molecule has 0 bridgehead atoms. The third kappa shape index (κ3) is 4.60. The second kappa shape index (κ2) is 8.14. The van der Waals surface area contributed by atoms with Gasteiger partial charge in [0, 0.05) is 17.8 Å². The summed E-state index contributed by atoms with van der Waals surface area (Å²) in [6, 6.07) is 21.3. The molecule has 0 saturated carbocycles. The van der Waals surface area contributed by atoms with Crippen molar-refractivity contribution in [2.24, 2.45) is 0 Å². The van der Waals surface area contributed by atoms with Gasteiger partial charge in [-0.3, -0.25) is 14.5 Å². The Kier molecular flexibility index (Phi) is 5.67. The van der Waals surface area contributed by atoms with Crippen LogP contribution < -0.4 is 5.32 Å². The van der Waals surface area contributed by atoms with E-state index in [1.807, 2.05) is 31.0 Å². The fraction of sp³-hybridized carbons (Fsp3) is 0.217. The van der Waals surface area contributed by atoms with Crippen LogP contribution >= 0.6 is 0 Å². The normalized spacial score (nSPS) is 12.1. The van der Waals surface area contributed by atoms with Gasteiger partial charge in [-0.05, 0) is 67.6 Å². The lowest BCUT2D eigenvalue weighted by molar-refractivity contribution is -0.120. The molecule has 138 valence electrons. The molecule has 0 spiro atoms. The summed E-state index contributed by atoms with van der Waals surface area (Å²) in [5, 5.41) is 5.32. The summed E-state index contributed by atoms with van der Waals surface area (Å²) in [6.07, 6.45) is 0. The van der Waals surface area contributed by atoms with E-state index >= 15 is 0 Å². The molecule has 1 atom stereocenters. The quantitative estimate of drug-likeness (QED) is 0.659. The van der Waals surface area contributed by atoms with Gasteiger partial charge in [0.1, 0.15) is 0 Å². The molecule has 3 aromatic carbocycles. The maximum Gasteiger partial charge on any atom is 0.241 e. The Morgan fingerprint density at radius 1 is 0.963 bits per heavy atom. The lowest BCUT2D eigenvalue weighted by Gasteiger charge is -2.24. The summed E-state index contributed by atoms with van der Waals surface area (Å²) in [6.45, 7) is 4.10. The van der Waals surface area contributed by atoms with E-state index in [4.69, 9.17) is 0 Å². The lowest BCUT2D eigenvalue weighted by Crippen LogP contribution is -2.39. The molecule has 0 aliphatic rings. The zero-order valence-electron chi connectivity index (χ0n) is 15.9. The fourth-order valence-electron chi connectivity index (χ4n) is 3.00. The van der Waals surface area contributed by atoms with Crippen molar-refractivity contribution in [3.63, 3.8) is 0 Å². The molecular weight excluding hydrogens is 336 g/mol. The number of fused-ring (bicyclic) bond motifs is 1. The Labute approximate surface area is 159 Å². The zero-order chi connectivity index (χ0) is 19.4. The summed E-state index contributed by atoms with van der Waals surface area (Å²) in [5.41, 5.74) is 2.49. The highest BCUT2D eigenvalue weighted by atomic mass is 16.2. The highest BCUT2D eigenvalue weighted by molar-refractivity contribution is 5.97. The molecule has 1 N–H and O–H groups in total. The average molecular weight is 360 g/mol. The van der Waals surface area contributed by atoms with E-state index < -0.39 is 0 Å². The Morgan fingerprint density at radius 3 is 2.30 bits per heavy atom. The van der Waals surface area contributed by atoms with Crippen LogP contribution in [-0.2, 0) is 11.3 Å². The Bertz CT molecular complexity index is 964. The molecule has 0 aliphatic carbocycles. The minimum Gasteiger partial charge on any atom is -0.325 e. The van der Waals surface area contributed by atoms with Gasteiger partial charge in [0.25, 0.3) is 0 Å². The minimum atomic E-state index is -0.288. The van der Waals surface area contributed by atoms with Crippen LogP contribution in [0.2, 0.25) is 0 Å². The molecule has 27 heavy (non-hydrogen) atoms. The van der Waals surface area contributed by atoms with Crippen molar-refractivity contribution in [2.75, 3.05) is 12.4 Å². The topological polar surface area (TPSA) is 49.4 Å². The number of benzene rings is 3. The van der Waals surface area contributed by atoms with Crippen molar-refractivity contribution in [3.05, 3.63) is 77.9 Å². The molecule has 0 radical (unpaired) electrons. The number of Topliss-reactive ketones (excluding diaryl/α,β-unsaturated/α-hetero) is 1. The summed E-state index contributed by atoms with van der Waals surface area (Å²) in [4.78, 5) is 25.9. The van der Waals surface area contributed by atoms with E-state index in [2.05, 4.69) is 35.6 Å². The molecule has 0 fully saturated rings. The summed E-state index contributed by atoms with van der Waals surface area (Å²) in [7, 11) is 1.94. The summed E-state index contributed by atoms with van der Waals surface area (Å²) >= 11 is 0. The molecule has 0 aromatic heterocycles. The maximum absolute atomic E-state index is 12.6. The van der Waals surface area contributed by atoms with Crippen molar-refractivity contribution in [1.29, 1.82) is 0 Å². The standard InChI is InChI=1S/C23H24N2O2/c1-16(23(27)24-22-12-10-19(11-13-22)17(2)26)25(3)15-18-8-9-20-6-4-5-7-21(20)14-18/h4-14,16H,15H2,1-3H3,(H,24,27)/t16-/m1/s1. The van der Waals surface area contributed by atoms with Crippen LogP contribution in [-0.4, -0.2) is 29.7 Å². The first-order chi connectivity index (χ1) is 12.9. The molecule has 0 unspecified atom stereocenters. The van der Waals surface area contributed by atoms with Gasteiger partial charge >= 0.3 is 0 Å². The Morgan fingerprint density at radius 2 is 1.63 bits per heavy atom. The molecule has 1 amide bonds. The molecule has 0 heterocycles. The van der Waals surface area contributed by atoms with Crippen LogP contribution in [0.3, 0.4) is 0 Å². The van der Waals surface area contributed by atoms with Gasteiger partial charge in [-0.25, -0.2) is 0 Å². The molecule has 3 aromatic rings.